The summed E-state index contributed by atoms with van der Waals surface area (Å²) >= 11 is 0. The highest BCUT2D eigenvalue weighted by molar-refractivity contribution is 4.95. The Bertz CT molecular complexity index is 228. The van der Waals surface area contributed by atoms with E-state index < -0.39 is 0 Å². The summed E-state index contributed by atoms with van der Waals surface area (Å²) < 4.78 is 5.77. The van der Waals surface area contributed by atoms with Crippen LogP contribution >= 0.6 is 0 Å². The van der Waals surface area contributed by atoms with E-state index in [4.69, 9.17) is 4.74 Å². The Morgan fingerprint density at radius 1 is 1.53 bits per heavy atom. The zero-order valence-electron chi connectivity index (χ0n) is 11.7. The van der Waals surface area contributed by atoms with Crippen LogP contribution in [0.3, 0.4) is 0 Å². The number of rotatable bonds is 7. The number of hydrogen-bond donors (Lipinski definition) is 1. The first-order valence-corrected chi connectivity index (χ1v) is 6.90. The van der Waals surface area contributed by atoms with E-state index in [-0.39, 0.29) is 0 Å². The molecule has 17 heavy (non-hydrogen) atoms. The zero-order chi connectivity index (χ0) is 12.7. The van der Waals surface area contributed by atoms with Gasteiger partial charge in [-0.25, -0.2) is 0 Å². The fraction of sp³-hybridized carbons (Fsp3) is 0.857. The summed E-state index contributed by atoms with van der Waals surface area (Å²) in [5.41, 5.74) is 1.11. The monoisotopic (exact) mass is 240 g/mol. The quantitative estimate of drug-likeness (QED) is 0.738. The van der Waals surface area contributed by atoms with E-state index >= 15 is 0 Å². The van der Waals surface area contributed by atoms with E-state index in [1.165, 1.54) is 19.4 Å². The molecule has 0 radical (unpaired) electrons. The average molecular weight is 240 g/mol. The molecular weight excluding hydrogens is 212 g/mol. The first-order valence-electron chi connectivity index (χ1n) is 6.90. The maximum atomic E-state index is 5.77. The molecular formula is C14H28N2O. The summed E-state index contributed by atoms with van der Waals surface area (Å²) in [5, 5.41) is 3.38. The third-order valence-electron chi connectivity index (χ3n) is 3.30. The van der Waals surface area contributed by atoms with Crippen LogP contribution in [0.2, 0.25) is 0 Å². The van der Waals surface area contributed by atoms with Gasteiger partial charge in [0.05, 0.1) is 12.7 Å². The van der Waals surface area contributed by atoms with Gasteiger partial charge in [0.1, 0.15) is 0 Å². The van der Waals surface area contributed by atoms with E-state index in [0.29, 0.717) is 12.0 Å². The van der Waals surface area contributed by atoms with Crippen LogP contribution in [0.1, 0.15) is 33.6 Å². The smallest absolute Gasteiger partial charge is 0.0874 e. The molecule has 1 saturated heterocycles. The van der Waals surface area contributed by atoms with E-state index in [1.807, 2.05) is 0 Å². The predicted octanol–water partition coefficient (Wildman–Crippen LogP) is 2.25. The highest BCUT2D eigenvalue weighted by Crippen LogP contribution is 2.08. The molecule has 100 valence electrons. The molecule has 1 aliphatic heterocycles. The molecule has 0 amide bonds. The Morgan fingerprint density at radius 3 is 2.94 bits per heavy atom. The molecule has 0 aromatic heterocycles. The van der Waals surface area contributed by atoms with Crippen LogP contribution in [0.5, 0.6) is 0 Å². The first-order chi connectivity index (χ1) is 8.13. The standard InChI is InChI=1S/C14H28N2O/c1-5-6-7-16-8-9-17-14(11-16)10-15-13(4)12(2)3/h12,14-15H,4-11H2,1-3H3/t14-/m1/s1. The molecule has 0 aromatic carbocycles. The molecule has 3 heteroatoms. The third-order valence-corrected chi connectivity index (χ3v) is 3.30. The van der Waals surface area contributed by atoms with Crippen molar-refractivity contribution in [1.29, 1.82) is 0 Å². The average Bonchev–Trinajstić information content (AvgIpc) is 2.33. The maximum Gasteiger partial charge on any atom is 0.0874 e. The van der Waals surface area contributed by atoms with Gasteiger partial charge in [0.2, 0.25) is 0 Å². The molecule has 1 aliphatic rings. The predicted molar refractivity (Wildman–Crippen MR) is 73.1 cm³/mol. The van der Waals surface area contributed by atoms with Crippen LogP contribution in [-0.4, -0.2) is 43.8 Å². The van der Waals surface area contributed by atoms with Gasteiger partial charge in [0.25, 0.3) is 0 Å². The minimum Gasteiger partial charge on any atom is -0.386 e. The topological polar surface area (TPSA) is 24.5 Å². The van der Waals surface area contributed by atoms with Crippen LogP contribution in [0.4, 0.5) is 0 Å². The number of morpholine rings is 1. The molecule has 3 nitrogen and oxygen atoms in total. The molecule has 1 heterocycles. The maximum absolute atomic E-state index is 5.77. The third kappa shape index (κ3) is 5.55. The second-order valence-electron chi connectivity index (χ2n) is 5.21. The van der Waals surface area contributed by atoms with Crippen molar-refractivity contribution in [3.05, 3.63) is 12.3 Å². The Morgan fingerprint density at radius 2 is 2.29 bits per heavy atom. The normalized spacial score (nSPS) is 21.8. The summed E-state index contributed by atoms with van der Waals surface area (Å²) in [5.74, 6) is 0.495. The second kappa shape index (κ2) is 7.72. The molecule has 0 bridgehead atoms. The highest BCUT2D eigenvalue weighted by atomic mass is 16.5. The lowest BCUT2D eigenvalue weighted by molar-refractivity contribution is -0.0264. The lowest BCUT2D eigenvalue weighted by Crippen LogP contribution is -2.46. The first kappa shape index (κ1) is 14.5. The summed E-state index contributed by atoms with van der Waals surface area (Å²) in [6.07, 6.45) is 2.87. The van der Waals surface area contributed by atoms with E-state index in [1.54, 1.807) is 0 Å². The fourth-order valence-corrected chi connectivity index (χ4v) is 1.94. The molecule has 0 spiro atoms. The molecule has 1 atom stereocenters. The number of unbranched alkanes of at least 4 members (excludes halogenated alkanes) is 1. The van der Waals surface area contributed by atoms with Crippen molar-refractivity contribution in [2.45, 2.75) is 39.7 Å². The van der Waals surface area contributed by atoms with Crippen molar-refractivity contribution >= 4 is 0 Å². The molecule has 0 saturated carbocycles. The van der Waals surface area contributed by atoms with Crippen LogP contribution in [0.15, 0.2) is 12.3 Å². The molecule has 1 fully saturated rings. The van der Waals surface area contributed by atoms with Gasteiger partial charge >= 0.3 is 0 Å². The van der Waals surface area contributed by atoms with Crippen molar-refractivity contribution in [1.82, 2.24) is 10.2 Å². The molecule has 0 aromatic rings. The van der Waals surface area contributed by atoms with E-state index in [0.717, 1.165) is 31.9 Å². The number of nitrogens with one attached hydrogen (secondary N) is 1. The number of hydrogen-bond acceptors (Lipinski definition) is 3. The van der Waals surface area contributed by atoms with Gasteiger partial charge in [-0.2, -0.15) is 0 Å². The Hall–Kier alpha value is -0.540. The minimum atomic E-state index is 0.316. The lowest BCUT2D eigenvalue weighted by Gasteiger charge is -2.33. The van der Waals surface area contributed by atoms with Crippen LogP contribution < -0.4 is 5.32 Å². The molecule has 1 rings (SSSR count). The van der Waals surface area contributed by atoms with Gasteiger partial charge in [0.15, 0.2) is 0 Å². The molecule has 1 N–H and O–H groups in total. The van der Waals surface area contributed by atoms with Crippen molar-refractivity contribution in [2.75, 3.05) is 32.8 Å². The number of ether oxygens (including phenoxy) is 1. The Labute approximate surface area is 106 Å². The summed E-state index contributed by atoms with van der Waals surface area (Å²) in [6.45, 7) is 15.7. The van der Waals surface area contributed by atoms with Crippen LogP contribution in [0.25, 0.3) is 0 Å². The van der Waals surface area contributed by atoms with Gasteiger partial charge < -0.3 is 10.1 Å². The highest BCUT2D eigenvalue weighted by Gasteiger charge is 2.19. The van der Waals surface area contributed by atoms with Crippen molar-refractivity contribution in [3.8, 4) is 0 Å². The van der Waals surface area contributed by atoms with Gasteiger partial charge in [-0.3, -0.25) is 4.90 Å². The second-order valence-corrected chi connectivity index (χ2v) is 5.21. The summed E-state index contributed by atoms with van der Waals surface area (Å²) in [6, 6.07) is 0. The SMILES string of the molecule is C=C(NC[C@@H]1CN(CCCC)CCO1)C(C)C. The molecule has 0 aliphatic carbocycles. The van der Waals surface area contributed by atoms with Crippen LogP contribution in [0, 0.1) is 5.92 Å². The van der Waals surface area contributed by atoms with Gasteiger partial charge in [-0.05, 0) is 18.9 Å². The van der Waals surface area contributed by atoms with E-state index in [9.17, 15) is 0 Å². The minimum absolute atomic E-state index is 0.316. The van der Waals surface area contributed by atoms with E-state index in [2.05, 4.69) is 37.6 Å². The number of allylic oxidation sites excluding steroid dienone is 1. The largest absolute Gasteiger partial charge is 0.386 e. The van der Waals surface area contributed by atoms with Crippen molar-refractivity contribution in [2.24, 2.45) is 5.92 Å². The Kier molecular flexibility index (Phi) is 6.60. The Balaban J connectivity index is 2.22. The van der Waals surface area contributed by atoms with Gasteiger partial charge in [-0.1, -0.05) is 33.8 Å². The lowest BCUT2D eigenvalue weighted by atomic mass is 10.1. The van der Waals surface area contributed by atoms with Gasteiger partial charge in [-0.15, -0.1) is 0 Å². The van der Waals surface area contributed by atoms with Crippen molar-refractivity contribution in [3.63, 3.8) is 0 Å². The van der Waals surface area contributed by atoms with Crippen molar-refractivity contribution < 1.29 is 4.74 Å². The summed E-state index contributed by atoms with van der Waals surface area (Å²) in [4.78, 5) is 2.51. The number of nitrogens with zero attached hydrogens (tertiary/aromatic N) is 1. The fourth-order valence-electron chi connectivity index (χ4n) is 1.94. The summed E-state index contributed by atoms with van der Waals surface area (Å²) in [7, 11) is 0. The zero-order valence-corrected chi connectivity index (χ0v) is 11.7. The van der Waals surface area contributed by atoms with Gasteiger partial charge in [0, 0.05) is 25.3 Å². The molecule has 0 unspecified atom stereocenters. The van der Waals surface area contributed by atoms with Crippen LogP contribution in [-0.2, 0) is 4.74 Å².